The fourth-order valence-corrected chi connectivity index (χ4v) is 2.79. The molecule has 0 fully saturated rings. The van der Waals surface area contributed by atoms with Crippen LogP contribution in [-0.4, -0.2) is 12.5 Å². The summed E-state index contributed by atoms with van der Waals surface area (Å²) in [7, 11) is 0. The van der Waals surface area contributed by atoms with E-state index in [1.165, 1.54) is 0 Å². The fourth-order valence-electron chi connectivity index (χ4n) is 2.50. The van der Waals surface area contributed by atoms with Crippen LogP contribution in [0.15, 0.2) is 36.4 Å². The van der Waals surface area contributed by atoms with E-state index in [2.05, 4.69) is 12.2 Å². The molecule has 1 amide bonds. The van der Waals surface area contributed by atoms with E-state index in [-0.39, 0.29) is 12.5 Å². The van der Waals surface area contributed by atoms with E-state index >= 15 is 0 Å². The lowest BCUT2D eigenvalue weighted by Gasteiger charge is -2.16. The molecule has 0 unspecified atom stereocenters. The van der Waals surface area contributed by atoms with Gasteiger partial charge in [0.1, 0.15) is 5.75 Å². The molecule has 3 nitrogen and oxygen atoms in total. The second-order valence-electron chi connectivity index (χ2n) is 5.42. The van der Waals surface area contributed by atoms with E-state index in [0.29, 0.717) is 10.8 Å². The van der Waals surface area contributed by atoms with Crippen molar-refractivity contribution in [2.45, 2.75) is 33.6 Å². The van der Waals surface area contributed by atoms with Gasteiger partial charge in [-0.05, 0) is 54.7 Å². The van der Waals surface area contributed by atoms with Crippen molar-refractivity contribution >= 4 is 23.2 Å². The van der Waals surface area contributed by atoms with Crippen LogP contribution in [0.5, 0.6) is 5.75 Å². The van der Waals surface area contributed by atoms with Crippen molar-refractivity contribution in [1.82, 2.24) is 0 Å². The monoisotopic (exact) mass is 331 g/mol. The molecule has 0 saturated carbocycles. The molecule has 1 N–H and O–H groups in total. The van der Waals surface area contributed by atoms with Crippen LogP contribution in [0.25, 0.3) is 0 Å². The second-order valence-corrected chi connectivity index (χ2v) is 5.83. The summed E-state index contributed by atoms with van der Waals surface area (Å²) in [5, 5.41) is 3.64. The van der Waals surface area contributed by atoms with Crippen molar-refractivity contribution in [3.8, 4) is 5.75 Å². The van der Waals surface area contributed by atoms with Crippen molar-refractivity contribution in [3.63, 3.8) is 0 Å². The number of carbonyl (C=O) groups is 1. The minimum Gasteiger partial charge on any atom is -0.484 e. The normalized spacial score (nSPS) is 10.4. The Balaban J connectivity index is 2.09. The maximum absolute atomic E-state index is 12.2. The summed E-state index contributed by atoms with van der Waals surface area (Å²) in [6.45, 7) is 6.05. The van der Waals surface area contributed by atoms with Crippen LogP contribution in [0.2, 0.25) is 5.02 Å². The van der Waals surface area contributed by atoms with Crippen molar-refractivity contribution in [2.24, 2.45) is 0 Å². The largest absolute Gasteiger partial charge is 0.484 e. The fraction of sp³-hybridized carbons (Fsp3) is 0.316. The molecular weight excluding hydrogens is 310 g/mol. The summed E-state index contributed by atoms with van der Waals surface area (Å²) >= 11 is 6.25. The first-order valence-electron chi connectivity index (χ1n) is 7.84. The molecule has 0 aromatic heterocycles. The lowest BCUT2D eigenvalue weighted by Crippen LogP contribution is -2.22. The molecule has 2 aromatic carbocycles. The highest BCUT2D eigenvalue weighted by atomic mass is 35.5. The number of ether oxygens (including phenoxy) is 1. The number of hydrogen-bond acceptors (Lipinski definition) is 2. The topological polar surface area (TPSA) is 38.3 Å². The number of benzene rings is 2. The Labute approximate surface area is 142 Å². The molecule has 0 saturated heterocycles. The zero-order valence-corrected chi connectivity index (χ0v) is 14.5. The van der Waals surface area contributed by atoms with Gasteiger partial charge in [0.15, 0.2) is 6.61 Å². The van der Waals surface area contributed by atoms with Crippen molar-refractivity contribution in [1.29, 1.82) is 0 Å². The van der Waals surface area contributed by atoms with E-state index < -0.39 is 0 Å². The molecule has 0 spiro atoms. The molecular formula is C19H22ClNO2. The molecule has 2 aromatic rings. The summed E-state index contributed by atoms with van der Waals surface area (Å²) in [6.07, 6.45) is 1.60. The number of aryl methyl sites for hydroxylation is 2. The standard InChI is InChI=1S/C19H22ClNO2/c1-4-14-9-10-17(20)16(5-2)19(14)21-18(22)12-23-15-8-6-7-13(3)11-15/h6-11H,4-5,12H2,1-3H3,(H,21,22). The molecule has 2 rings (SSSR count). The summed E-state index contributed by atoms with van der Waals surface area (Å²) < 4.78 is 5.55. The molecule has 0 heterocycles. The Hall–Kier alpha value is -2.00. The Bertz CT molecular complexity index is 698. The summed E-state index contributed by atoms with van der Waals surface area (Å²) in [4.78, 5) is 12.2. The van der Waals surface area contributed by atoms with Gasteiger partial charge in [-0.2, -0.15) is 0 Å². The van der Waals surface area contributed by atoms with E-state index in [1.54, 1.807) is 0 Å². The number of amides is 1. The van der Waals surface area contributed by atoms with Crippen molar-refractivity contribution < 1.29 is 9.53 Å². The average molecular weight is 332 g/mol. The lowest BCUT2D eigenvalue weighted by atomic mass is 10.0. The Morgan fingerprint density at radius 1 is 1.17 bits per heavy atom. The van der Waals surface area contributed by atoms with Crippen LogP contribution in [0.3, 0.4) is 0 Å². The SMILES string of the molecule is CCc1ccc(Cl)c(CC)c1NC(=O)COc1cccc(C)c1. The third-order valence-electron chi connectivity index (χ3n) is 3.70. The third-order valence-corrected chi connectivity index (χ3v) is 4.05. The van der Waals surface area contributed by atoms with Gasteiger partial charge in [-0.25, -0.2) is 0 Å². The lowest BCUT2D eigenvalue weighted by molar-refractivity contribution is -0.118. The Morgan fingerprint density at radius 2 is 1.96 bits per heavy atom. The van der Waals surface area contributed by atoms with Gasteiger partial charge in [0.2, 0.25) is 0 Å². The predicted molar refractivity (Wildman–Crippen MR) is 95.5 cm³/mol. The molecule has 0 aliphatic carbocycles. The molecule has 0 aliphatic rings. The van der Waals surface area contributed by atoms with Crippen LogP contribution in [0, 0.1) is 6.92 Å². The molecule has 0 aliphatic heterocycles. The zero-order chi connectivity index (χ0) is 16.8. The number of anilines is 1. The van der Waals surface area contributed by atoms with E-state index in [1.807, 2.05) is 50.2 Å². The smallest absolute Gasteiger partial charge is 0.262 e. The first kappa shape index (κ1) is 17.4. The predicted octanol–water partition coefficient (Wildman–Crippen LogP) is 4.79. The molecule has 4 heteroatoms. The second kappa shape index (κ2) is 8.02. The number of rotatable bonds is 6. The van der Waals surface area contributed by atoms with Gasteiger partial charge in [0.25, 0.3) is 5.91 Å². The minimum atomic E-state index is -0.182. The van der Waals surface area contributed by atoms with E-state index in [0.717, 1.165) is 35.2 Å². The molecule has 0 radical (unpaired) electrons. The number of nitrogens with one attached hydrogen (secondary N) is 1. The summed E-state index contributed by atoms with van der Waals surface area (Å²) in [5.74, 6) is 0.510. The van der Waals surface area contributed by atoms with Gasteiger partial charge < -0.3 is 10.1 Å². The molecule has 0 atom stereocenters. The van der Waals surface area contributed by atoms with Crippen molar-refractivity contribution in [2.75, 3.05) is 11.9 Å². The average Bonchev–Trinajstić information content (AvgIpc) is 2.53. The van der Waals surface area contributed by atoms with E-state index in [9.17, 15) is 4.79 Å². The van der Waals surface area contributed by atoms with E-state index in [4.69, 9.17) is 16.3 Å². The van der Waals surface area contributed by atoms with Gasteiger partial charge in [-0.1, -0.05) is 43.6 Å². The Kier molecular flexibility index (Phi) is 6.05. The maximum Gasteiger partial charge on any atom is 0.262 e. The summed E-state index contributed by atoms with van der Waals surface area (Å²) in [5.41, 5.74) is 3.96. The first-order valence-corrected chi connectivity index (χ1v) is 8.22. The zero-order valence-electron chi connectivity index (χ0n) is 13.8. The van der Waals surface area contributed by atoms with Crippen LogP contribution in [0.4, 0.5) is 5.69 Å². The quantitative estimate of drug-likeness (QED) is 0.826. The molecule has 0 bridgehead atoms. The highest BCUT2D eigenvalue weighted by Crippen LogP contribution is 2.29. The van der Waals surface area contributed by atoms with Gasteiger partial charge in [-0.15, -0.1) is 0 Å². The Morgan fingerprint density at radius 3 is 2.61 bits per heavy atom. The van der Waals surface area contributed by atoms with Crippen LogP contribution >= 0.6 is 11.6 Å². The van der Waals surface area contributed by atoms with Gasteiger partial charge in [0.05, 0.1) is 0 Å². The van der Waals surface area contributed by atoms with Gasteiger partial charge in [-0.3, -0.25) is 4.79 Å². The summed E-state index contributed by atoms with van der Waals surface area (Å²) in [6, 6.07) is 11.5. The van der Waals surface area contributed by atoms with Gasteiger partial charge in [0, 0.05) is 10.7 Å². The molecule has 122 valence electrons. The number of carbonyl (C=O) groups excluding carboxylic acids is 1. The van der Waals surface area contributed by atoms with Gasteiger partial charge >= 0.3 is 0 Å². The number of hydrogen-bond donors (Lipinski definition) is 1. The highest BCUT2D eigenvalue weighted by molar-refractivity contribution is 6.32. The minimum absolute atomic E-state index is 0.0255. The van der Waals surface area contributed by atoms with Crippen LogP contribution < -0.4 is 10.1 Å². The highest BCUT2D eigenvalue weighted by Gasteiger charge is 2.13. The maximum atomic E-state index is 12.2. The third kappa shape index (κ3) is 4.49. The number of halogens is 1. The molecule has 23 heavy (non-hydrogen) atoms. The van der Waals surface area contributed by atoms with Crippen LogP contribution in [-0.2, 0) is 17.6 Å². The first-order chi connectivity index (χ1) is 11.0. The van der Waals surface area contributed by atoms with Crippen molar-refractivity contribution in [3.05, 3.63) is 58.1 Å². The van der Waals surface area contributed by atoms with Crippen LogP contribution in [0.1, 0.15) is 30.5 Å².